The number of hydroxylamine groups is 2. The van der Waals surface area contributed by atoms with Gasteiger partial charge < -0.3 is 47.0 Å². The second-order valence-corrected chi connectivity index (χ2v) is 49.7. The minimum atomic E-state index is -2.55. The summed E-state index contributed by atoms with van der Waals surface area (Å²) in [7, 11) is -5.89. The molecule has 2 fully saturated rings. The predicted octanol–water partition coefficient (Wildman–Crippen LogP) is 14.2. The molecule has 0 spiro atoms. The van der Waals surface area contributed by atoms with Crippen LogP contribution in [0.2, 0.25) is 46.3 Å². The Kier molecular flexibility index (Phi) is 35.3. The molecule has 2 aliphatic heterocycles. The van der Waals surface area contributed by atoms with Gasteiger partial charge in [0.2, 0.25) is 5.91 Å². The van der Waals surface area contributed by atoms with E-state index in [9.17, 15) is 9.59 Å². The van der Waals surface area contributed by atoms with E-state index in [1.165, 1.54) is 38.5 Å². The normalized spacial score (nSPS) is 18.7. The topological polar surface area (TPSA) is 102 Å². The van der Waals surface area contributed by atoms with Gasteiger partial charge in [0.15, 0.2) is 16.6 Å². The van der Waals surface area contributed by atoms with Crippen LogP contribution in [0.3, 0.4) is 0 Å². The van der Waals surface area contributed by atoms with Crippen LogP contribution in [-0.2, 0) is 41.6 Å². The Labute approximate surface area is 599 Å². The summed E-state index contributed by atoms with van der Waals surface area (Å²) < 4.78 is 41.2. The zero-order valence-corrected chi connectivity index (χ0v) is 68.9. The van der Waals surface area contributed by atoms with Crippen LogP contribution < -0.4 is 33.2 Å². The molecule has 4 aromatic rings. The van der Waals surface area contributed by atoms with E-state index in [1.54, 1.807) is 14.0 Å². The molecule has 4 aromatic carbocycles. The summed E-state index contributed by atoms with van der Waals surface area (Å²) in [5, 5.41) is 6.71. The Morgan fingerprint density at radius 2 is 0.830 bits per heavy atom. The zero-order valence-electron chi connectivity index (χ0n) is 62.7. The van der Waals surface area contributed by atoms with Crippen LogP contribution in [-0.4, -0.2) is 137 Å². The molecule has 16 heteroatoms. The number of carbonyl (C=O) groups excluding carboxylic acids is 2. The molecule has 8 atom stereocenters. The molecule has 94 heavy (non-hydrogen) atoms. The van der Waals surface area contributed by atoms with E-state index in [0.717, 1.165) is 76.2 Å². The van der Waals surface area contributed by atoms with Crippen molar-refractivity contribution in [1.29, 1.82) is 0 Å². The number of nitrogens with zero attached hydrogens (tertiary/aromatic N) is 1. The van der Waals surface area contributed by atoms with E-state index >= 15 is 0 Å². The van der Waals surface area contributed by atoms with Gasteiger partial charge in [-0.25, -0.2) is 5.06 Å². The van der Waals surface area contributed by atoms with Gasteiger partial charge >= 0.3 is 23.1 Å². The van der Waals surface area contributed by atoms with Gasteiger partial charge in [0.05, 0.1) is 31.5 Å². The van der Waals surface area contributed by atoms with Crippen LogP contribution >= 0.6 is 0 Å². The number of amides is 1. The summed E-state index contributed by atoms with van der Waals surface area (Å²) in [5.74, 6) is 0.000351. The minimum Gasteiger partial charge on any atom is -1.00 e. The minimum absolute atomic E-state index is 0. The third kappa shape index (κ3) is 23.6. The van der Waals surface area contributed by atoms with Gasteiger partial charge in [-0.05, 0) is 162 Å². The Bertz CT molecular complexity index is 2800. The van der Waals surface area contributed by atoms with Crippen LogP contribution in [0.4, 0.5) is 0 Å². The van der Waals surface area contributed by atoms with E-state index in [2.05, 4.69) is 244 Å². The molecule has 2 heterocycles. The molecule has 1 amide bonds. The number of ketones is 1. The van der Waals surface area contributed by atoms with E-state index in [4.69, 9.17) is 32.0 Å². The average Bonchev–Trinajstić information content (AvgIpc) is 0.806. The van der Waals surface area contributed by atoms with Crippen molar-refractivity contribution in [2.75, 3.05) is 27.4 Å². The molecule has 2 saturated heterocycles. The first kappa shape index (κ1) is 87.2. The average molecular weight is 1390 g/mol. The van der Waals surface area contributed by atoms with Crippen LogP contribution in [0, 0.1) is 19.3 Å². The summed E-state index contributed by atoms with van der Waals surface area (Å²) in [6.07, 6.45) is 10.8. The molecule has 0 aliphatic carbocycles. The van der Waals surface area contributed by atoms with Crippen LogP contribution in [0.1, 0.15) is 181 Å². The zero-order chi connectivity index (χ0) is 67.8. The molecule has 0 saturated carbocycles. The molecule has 0 aromatic heterocycles. The van der Waals surface area contributed by atoms with Crippen molar-refractivity contribution in [1.82, 2.24) is 5.06 Å². The molecule has 522 valence electrons. The van der Waals surface area contributed by atoms with Gasteiger partial charge in [-0.1, -0.05) is 231 Å². The summed E-state index contributed by atoms with van der Waals surface area (Å²) in [4.78, 5) is 30.1. The van der Waals surface area contributed by atoms with Crippen molar-refractivity contribution in [2.45, 2.75) is 264 Å². The second kappa shape index (κ2) is 38.1. The fraction of sp³-hybridized carbons (Fsp3) is 0.603. The number of rotatable bonds is 31. The quantitative estimate of drug-likeness (QED) is 0.0160. The number of halogens is 1. The summed E-state index contributed by atoms with van der Waals surface area (Å²) in [5.41, 5.74) is 2.35. The standard InChI is InChI=1S/C39H63NO5Si2.C38H60O4Si2.CH3.ClH.Mg/c1-30-28-32(20-19-27-43-47(39(6,7)8,34-21-15-13-16-22-34)35-23-17-14-18-24-35)44-36(30)26-25-33(45-46(11,12)38(3,4)5)29-31(2)37(41)40(9)42-10;1-29(31(3)39)27-33(42-43(10,11)37(4,5)6)24-25-36-30(2)28-32(41-36)19-18-26-40-44(38(7,8)9,34-20-14-12-15-21-34)35-22-16-13-17-23-35;;;/h13-18,21-24,31-33,36H,1,19-20,25-29H2,2-12H3;12-17,20-23,29,32-33,36H,2,18-19,24-28H2,1,3-11H3;1H3;1H;/q;;-1;;+2/p-1/t31?,32?,33-,36?;29?,32?,33-,36?;;;/m00.../s1. The summed E-state index contributed by atoms with van der Waals surface area (Å²) >= 11 is 0. The van der Waals surface area contributed by atoms with Crippen molar-refractivity contribution < 1.29 is 54.0 Å². The van der Waals surface area contributed by atoms with Gasteiger partial charge in [-0.3, -0.25) is 14.4 Å². The molecule has 0 bridgehead atoms. The van der Waals surface area contributed by atoms with Gasteiger partial charge in [0, 0.05) is 44.3 Å². The monoisotopic (exact) mass is 1390 g/mol. The number of ether oxygens (including phenoxy) is 2. The van der Waals surface area contributed by atoms with Crippen molar-refractivity contribution in [3.8, 4) is 0 Å². The molecule has 0 N–H and O–H groups in total. The number of benzene rings is 4. The predicted molar refractivity (Wildman–Crippen MR) is 403 cm³/mol. The fourth-order valence-electron chi connectivity index (χ4n) is 12.8. The Morgan fingerprint density at radius 3 is 1.10 bits per heavy atom. The van der Waals surface area contributed by atoms with Crippen molar-refractivity contribution in [3.63, 3.8) is 0 Å². The second-order valence-electron chi connectivity index (χ2n) is 31.6. The Morgan fingerprint density at radius 1 is 0.532 bits per heavy atom. The molecule has 6 rings (SSSR count). The van der Waals surface area contributed by atoms with Crippen molar-refractivity contribution in [3.05, 3.63) is 153 Å². The van der Waals surface area contributed by atoms with Crippen LogP contribution in [0.15, 0.2) is 146 Å². The van der Waals surface area contributed by atoms with E-state index in [0.29, 0.717) is 19.6 Å². The number of Topliss-reactive ketones (excluding diaryl/α,β-unsaturated/α-hetero) is 1. The van der Waals surface area contributed by atoms with Gasteiger partial charge in [-0.15, -0.1) is 0 Å². The first-order chi connectivity index (χ1) is 42.4. The van der Waals surface area contributed by atoms with E-state index in [1.807, 2.05) is 13.8 Å². The van der Waals surface area contributed by atoms with Gasteiger partial charge in [-0.2, -0.15) is 0 Å². The maximum absolute atomic E-state index is 12.8. The molecule has 6 unspecified atom stereocenters. The molecular formula is C78H126ClMgNO9Si4. The summed E-state index contributed by atoms with van der Waals surface area (Å²) in [6, 6.07) is 43.4. The third-order valence-corrected chi connectivity index (χ3v) is 39.5. The molecule has 0 radical (unpaired) electrons. The maximum atomic E-state index is 12.8. The van der Waals surface area contributed by atoms with Crippen molar-refractivity contribution in [2.24, 2.45) is 11.8 Å². The molecule has 10 nitrogen and oxygen atoms in total. The fourth-order valence-corrected chi connectivity index (χ4v) is 24.9. The largest absolute Gasteiger partial charge is 2.00 e. The van der Waals surface area contributed by atoms with E-state index < -0.39 is 33.3 Å². The number of carbonyl (C=O) groups is 2. The number of hydrogen-bond donors (Lipinski definition) is 0. The smallest absolute Gasteiger partial charge is 1.00 e. The maximum Gasteiger partial charge on any atom is 2.00 e. The Balaban J connectivity index is 0.000000621. The van der Waals surface area contributed by atoms with Gasteiger partial charge in [0.1, 0.15) is 5.78 Å². The third-order valence-electron chi connectivity index (χ3n) is 20.4. The first-order valence-corrected chi connectivity index (χ1v) is 43.9. The van der Waals surface area contributed by atoms with Crippen LogP contribution in [0.5, 0.6) is 0 Å². The van der Waals surface area contributed by atoms with E-state index in [-0.39, 0.29) is 123 Å². The SMILES string of the molecule is C=C1CC(CCCO[Si](c2ccccc2)(c2ccccc2)C(C)(C)C)OC1CC[C@@H](CC(C)C(=O)N(C)OC)O[Si](C)(C)C(C)(C)C.C=C1CC(CCCO[Si](c2ccccc2)(c2ccccc2)C(C)(C)C)OC1CC[C@@H](CC(C)C(C)=O)O[Si](C)(C)C(C)(C)C.[CH3-].[Cl-].[Mg+2]. The first-order valence-electron chi connectivity index (χ1n) is 34.2. The number of hydrogen-bond acceptors (Lipinski definition) is 9. The van der Waals surface area contributed by atoms with Crippen LogP contribution in [0.25, 0.3) is 0 Å². The summed E-state index contributed by atoms with van der Waals surface area (Å²) in [6.45, 7) is 52.6. The Hall–Kier alpha value is -2.86. The van der Waals surface area contributed by atoms with Crippen molar-refractivity contribution >= 4 is 88.8 Å². The molecular weight excluding hydrogens is 1270 g/mol. The van der Waals surface area contributed by atoms with Gasteiger partial charge in [0.25, 0.3) is 16.6 Å². The molecule has 2 aliphatic rings.